The molecular formula is C9H15NOS. The van der Waals surface area contributed by atoms with Gasteiger partial charge in [0.1, 0.15) is 0 Å². The van der Waals surface area contributed by atoms with E-state index in [0.717, 1.165) is 11.4 Å². The first-order valence-electron chi connectivity index (χ1n) is 4.26. The minimum atomic E-state index is 0.203. The number of hydrogen-bond acceptors (Lipinski definition) is 3. The molecule has 1 rings (SSSR count). The van der Waals surface area contributed by atoms with Gasteiger partial charge in [0.25, 0.3) is 0 Å². The van der Waals surface area contributed by atoms with Gasteiger partial charge in [-0.25, -0.2) is 4.98 Å². The lowest BCUT2D eigenvalue weighted by Gasteiger charge is -1.98. The highest BCUT2D eigenvalue weighted by atomic mass is 32.1. The van der Waals surface area contributed by atoms with E-state index in [9.17, 15) is 0 Å². The van der Waals surface area contributed by atoms with Crippen LogP contribution in [0.25, 0.3) is 0 Å². The maximum atomic E-state index is 8.68. The summed E-state index contributed by atoms with van der Waals surface area (Å²) in [6.07, 6.45) is 1.74. The van der Waals surface area contributed by atoms with Crippen LogP contribution in [0.15, 0.2) is 5.38 Å². The van der Waals surface area contributed by atoms with Crippen molar-refractivity contribution in [3.05, 3.63) is 16.1 Å². The van der Waals surface area contributed by atoms with E-state index < -0.39 is 0 Å². The molecule has 0 aromatic carbocycles. The second-order valence-corrected chi connectivity index (χ2v) is 4.25. The van der Waals surface area contributed by atoms with E-state index in [0.29, 0.717) is 12.3 Å². The van der Waals surface area contributed by atoms with Crippen LogP contribution in [0.3, 0.4) is 0 Å². The molecule has 0 atom stereocenters. The average Bonchev–Trinajstić information content (AvgIpc) is 2.36. The molecule has 0 spiro atoms. The normalized spacial score (nSPS) is 11.0. The number of aliphatic hydroxyl groups excluding tert-OH is 1. The Bertz CT molecular complexity index is 232. The first kappa shape index (κ1) is 9.68. The minimum absolute atomic E-state index is 0.203. The Labute approximate surface area is 77.3 Å². The molecule has 0 amide bonds. The van der Waals surface area contributed by atoms with E-state index in [2.05, 4.69) is 24.2 Å². The van der Waals surface area contributed by atoms with Crippen molar-refractivity contribution in [3.8, 4) is 0 Å². The van der Waals surface area contributed by atoms with Crippen molar-refractivity contribution in [2.45, 2.75) is 26.7 Å². The first-order chi connectivity index (χ1) is 5.72. The van der Waals surface area contributed by atoms with Crippen molar-refractivity contribution < 1.29 is 5.11 Å². The zero-order valence-electron chi connectivity index (χ0n) is 7.58. The number of rotatable bonds is 4. The van der Waals surface area contributed by atoms with Gasteiger partial charge in [0, 0.05) is 18.4 Å². The summed E-state index contributed by atoms with van der Waals surface area (Å²) in [5.74, 6) is 0.661. The Kier molecular flexibility index (Phi) is 3.69. The van der Waals surface area contributed by atoms with Gasteiger partial charge in [-0.15, -0.1) is 11.3 Å². The Morgan fingerprint density at radius 3 is 2.92 bits per heavy atom. The number of nitrogens with zero attached hydrogens (tertiary/aromatic N) is 1. The molecule has 0 radical (unpaired) electrons. The Hall–Kier alpha value is -0.410. The summed E-state index contributed by atoms with van der Waals surface area (Å²) in [7, 11) is 0. The molecule has 12 heavy (non-hydrogen) atoms. The number of aliphatic hydroxyl groups is 1. The predicted octanol–water partition coefficient (Wildman–Crippen LogP) is 1.88. The van der Waals surface area contributed by atoms with Gasteiger partial charge in [-0.2, -0.15) is 0 Å². The summed E-state index contributed by atoms with van der Waals surface area (Å²) in [5, 5.41) is 11.8. The fraction of sp³-hybridized carbons (Fsp3) is 0.667. The van der Waals surface area contributed by atoms with Gasteiger partial charge in [0.05, 0.1) is 10.7 Å². The number of aromatic nitrogens is 1. The van der Waals surface area contributed by atoms with Gasteiger partial charge >= 0.3 is 0 Å². The molecule has 0 aliphatic rings. The zero-order chi connectivity index (χ0) is 8.97. The van der Waals surface area contributed by atoms with E-state index in [-0.39, 0.29) is 6.61 Å². The lowest BCUT2D eigenvalue weighted by atomic mass is 10.1. The van der Waals surface area contributed by atoms with Gasteiger partial charge in [-0.3, -0.25) is 0 Å². The molecule has 0 aliphatic heterocycles. The van der Waals surface area contributed by atoms with Crippen LogP contribution >= 0.6 is 11.3 Å². The van der Waals surface area contributed by atoms with E-state index in [1.807, 2.05) is 0 Å². The van der Waals surface area contributed by atoms with Crippen molar-refractivity contribution in [3.63, 3.8) is 0 Å². The van der Waals surface area contributed by atoms with Crippen LogP contribution in [0.4, 0.5) is 0 Å². The molecule has 2 nitrogen and oxygen atoms in total. The minimum Gasteiger partial charge on any atom is -0.396 e. The highest BCUT2D eigenvalue weighted by Gasteiger charge is 2.02. The van der Waals surface area contributed by atoms with E-state index >= 15 is 0 Å². The molecule has 0 bridgehead atoms. The quantitative estimate of drug-likeness (QED) is 0.777. The SMILES string of the molecule is CC(C)Cc1csc(CCO)n1. The summed E-state index contributed by atoms with van der Waals surface area (Å²) < 4.78 is 0. The molecule has 0 aliphatic carbocycles. The van der Waals surface area contributed by atoms with Crippen LogP contribution in [-0.4, -0.2) is 16.7 Å². The maximum Gasteiger partial charge on any atom is 0.0951 e. The average molecular weight is 185 g/mol. The van der Waals surface area contributed by atoms with Crippen LogP contribution in [0.1, 0.15) is 24.5 Å². The third kappa shape index (κ3) is 2.91. The van der Waals surface area contributed by atoms with Crippen molar-refractivity contribution in [2.24, 2.45) is 5.92 Å². The van der Waals surface area contributed by atoms with Gasteiger partial charge in [-0.1, -0.05) is 13.8 Å². The lowest BCUT2D eigenvalue weighted by molar-refractivity contribution is 0.299. The van der Waals surface area contributed by atoms with Crippen LogP contribution in [0.2, 0.25) is 0 Å². The second kappa shape index (κ2) is 4.58. The first-order valence-corrected chi connectivity index (χ1v) is 5.14. The summed E-state index contributed by atoms with van der Waals surface area (Å²) in [4.78, 5) is 4.40. The highest BCUT2D eigenvalue weighted by molar-refractivity contribution is 7.09. The predicted molar refractivity (Wildman–Crippen MR) is 51.4 cm³/mol. The molecule has 1 heterocycles. The standard InChI is InChI=1S/C9H15NOS/c1-7(2)5-8-6-12-9(10-8)3-4-11/h6-7,11H,3-5H2,1-2H3. The van der Waals surface area contributed by atoms with Gasteiger partial charge in [-0.05, 0) is 12.3 Å². The third-order valence-electron chi connectivity index (χ3n) is 1.54. The molecule has 1 aromatic rings. The largest absolute Gasteiger partial charge is 0.396 e. The van der Waals surface area contributed by atoms with Crippen LogP contribution in [-0.2, 0) is 12.8 Å². The summed E-state index contributed by atoms with van der Waals surface area (Å²) in [6.45, 7) is 4.57. The maximum absolute atomic E-state index is 8.68. The van der Waals surface area contributed by atoms with Gasteiger partial charge in [0.2, 0.25) is 0 Å². The molecule has 1 N–H and O–H groups in total. The summed E-state index contributed by atoms with van der Waals surface area (Å²) in [5.41, 5.74) is 1.17. The topological polar surface area (TPSA) is 33.1 Å². The molecule has 68 valence electrons. The van der Waals surface area contributed by atoms with E-state index in [4.69, 9.17) is 5.11 Å². The molecule has 0 fully saturated rings. The smallest absolute Gasteiger partial charge is 0.0951 e. The molecular weight excluding hydrogens is 170 g/mol. The molecule has 0 saturated carbocycles. The molecule has 0 saturated heterocycles. The van der Waals surface area contributed by atoms with Crippen molar-refractivity contribution >= 4 is 11.3 Å². The molecule has 3 heteroatoms. The lowest BCUT2D eigenvalue weighted by Crippen LogP contribution is -1.95. The van der Waals surface area contributed by atoms with Crippen molar-refractivity contribution in [1.29, 1.82) is 0 Å². The van der Waals surface area contributed by atoms with Gasteiger partial charge < -0.3 is 5.11 Å². The Balaban J connectivity index is 2.52. The number of hydrogen-bond donors (Lipinski definition) is 1. The van der Waals surface area contributed by atoms with Crippen LogP contribution < -0.4 is 0 Å². The van der Waals surface area contributed by atoms with E-state index in [1.165, 1.54) is 5.69 Å². The third-order valence-corrected chi connectivity index (χ3v) is 2.50. The monoisotopic (exact) mass is 185 g/mol. The van der Waals surface area contributed by atoms with Crippen LogP contribution in [0, 0.1) is 5.92 Å². The van der Waals surface area contributed by atoms with Gasteiger partial charge in [0.15, 0.2) is 0 Å². The second-order valence-electron chi connectivity index (χ2n) is 3.30. The van der Waals surface area contributed by atoms with Crippen molar-refractivity contribution in [2.75, 3.05) is 6.61 Å². The van der Waals surface area contributed by atoms with Crippen molar-refractivity contribution in [1.82, 2.24) is 4.98 Å². The zero-order valence-corrected chi connectivity index (χ0v) is 8.40. The van der Waals surface area contributed by atoms with Crippen LogP contribution in [0.5, 0.6) is 0 Å². The number of thiazole rings is 1. The highest BCUT2D eigenvalue weighted by Crippen LogP contribution is 2.13. The molecule has 0 unspecified atom stereocenters. The summed E-state index contributed by atoms with van der Waals surface area (Å²) >= 11 is 1.64. The molecule has 1 aromatic heterocycles. The fourth-order valence-corrected chi connectivity index (χ4v) is 1.87. The van der Waals surface area contributed by atoms with E-state index in [1.54, 1.807) is 11.3 Å². The summed E-state index contributed by atoms with van der Waals surface area (Å²) in [6, 6.07) is 0. The fourth-order valence-electron chi connectivity index (χ4n) is 1.07. The Morgan fingerprint density at radius 2 is 2.33 bits per heavy atom. The Morgan fingerprint density at radius 1 is 1.58 bits per heavy atom.